The summed E-state index contributed by atoms with van der Waals surface area (Å²) in [6.45, 7) is 0.738. The van der Waals surface area contributed by atoms with E-state index in [1.807, 2.05) is 11.4 Å². The lowest BCUT2D eigenvalue weighted by Crippen LogP contribution is -2.07. The minimum Gasteiger partial charge on any atom is -0.369 e. The number of nitrogens with zero attached hydrogens (tertiary/aromatic N) is 3. The van der Waals surface area contributed by atoms with Crippen molar-refractivity contribution in [2.45, 2.75) is 6.42 Å². The van der Waals surface area contributed by atoms with Crippen LogP contribution < -0.4 is 5.32 Å². The third kappa shape index (κ3) is 2.85. The highest BCUT2D eigenvalue weighted by atomic mass is 35.5. The highest BCUT2D eigenvalue weighted by Crippen LogP contribution is 2.32. The van der Waals surface area contributed by atoms with Crippen LogP contribution in [0, 0.1) is 0 Å². The summed E-state index contributed by atoms with van der Waals surface area (Å²) in [4.78, 5) is 13.4. The zero-order chi connectivity index (χ0) is 13.9. The Bertz CT molecular complexity index is 727. The molecule has 0 spiro atoms. The fourth-order valence-electron chi connectivity index (χ4n) is 1.85. The summed E-state index contributed by atoms with van der Waals surface area (Å²) in [6.07, 6.45) is 4.15. The van der Waals surface area contributed by atoms with E-state index in [1.165, 1.54) is 11.3 Å². The second kappa shape index (κ2) is 5.91. The molecule has 0 fully saturated rings. The second-order valence-corrected chi connectivity index (χ2v) is 5.80. The molecular weight excluding hydrogens is 315 g/mol. The molecule has 0 atom stereocenters. The average molecular weight is 325 g/mol. The highest BCUT2D eigenvalue weighted by Gasteiger charge is 2.09. The Kier molecular flexibility index (Phi) is 4.00. The molecule has 0 aliphatic rings. The van der Waals surface area contributed by atoms with Gasteiger partial charge in [-0.15, -0.1) is 11.3 Å². The monoisotopic (exact) mass is 324 g/mol. The zero-order valence-electron chi connectivity index (χ0n) is 10.3. The van der Waals surface area contributed by atoms with E-state index in [0.29, 0.717) is 10.2 Å². The molecule has 0 aliphatic carbocycles. The second-order valence-electron chi connectivity index (χ2n) is 4.15. The predicted octanol–water partition coefficient (Wildman–Crippen LogP) is 4.05. The molecule has 102 valence electrons. The molecule has 0 saturated heterocycles. The van der Waals surface area contributed by atoms with Crippen LogP contribution >= 0.6 is 34.5 Å². The molecule has 0 aromatic carbocycles. The largest absolute Gasteiger partial charge is 0.369 e. The Hall–Kier alpha value is -1.43. The van der Waals surface area contributed by atoms with E-state index in [-0.39, 0.29) is 0 Å². The highest BCUT2D eigenvalue weighted by molar-refractivity contribution is 7.17. The van der Waals surface area contributed by atoms with Gasteiger partial charge in [-0.3, -0.25) is 0 Å². The topological polar surface area (TPSA) is 50.7 Å². The van der Waals surface area contributed by atoms with Crippen LogP contribution in [0.2, 0.25) is 10.2 Å². The minimum absolute atomic E-state index is 0.504. The van der Waals surface area contributed by atoms with Crippen LogP contribution in [-0.2, 0) is 6.42 Å². The van der Waals surface area contributed by atoms with Crippen LogP contribution in [0.1, 0.15) is 5.56 Å². The number of pyridine rings is 1. The first-order chi connectivity index (χ1) is 9.74. The first-order valence-corrected chi connectivity index (χ1v) is 7.59. The molecule has 3 aromatic heterocycles. The number of fused-ring (bicyclic) bond motifs is 1. The molecule has 1 N–H and O–H groups in total. The van der Waals surface area contributed by atoms with E-state index >= 15 is 0 Å². The number of hydrogen-bond acceptors (Lipinski definition) is 5. The normalized spacial score (nSPS) is 10.9. The number of nitrogens with one attached hydrogen (secondary N) is 1. The van der Waals surface area contributed by atoms with Gasteiger partial charge in [-0.2, -0.15) is 0 Å². The summed E-state index contributed by atoms with van der Waals surface area (Å²) in [5.41, 5.74) is 1.11. The van der Waals surface area contributed by atoms with Gasteiger partial charge in [0.1, 0.15) is 22.1 Å². The molecule has 0 bridgehead atoms. The maximum absolute atomic E-state index is 6.16. The number of rotatable bonds is 4. The first-order valence-electron chi connectivity index (χ1n) is 5.96. The molecule has 0 unspecified atom stereocenters. The van der Waals surface area contributed by atoms with Crippen molar-refractivity contribution in [3.8, 4) is 0 Å². The van der Waals surface area contributed by atoms with Gasteiger partial charge in [-0.1, -0.05) is 29.3 Å². The van der Waals surface area contributed by atoms with Gasteiger partial charge in [-0.05, 0) is 18.1 Å². The van der Waals surface area contributed by atoms with Gasteiger partial charge >= 0.3 is 0 Å². The summed E-state index contributed by atoms with van der Waals surface area (Å²) >= 11 is 13.4. The number of anilines is 1. The molecule has 20 heavy (non-hydrogen) atoms. The summed E-state index contributed by atoms with van der Waals surface area (Å²) in [6, 6.07) is 3.75. The van der Waals surface area contributed by atoms with Crippen molar-refractivity contribution in [3.05, 3.63) is 45.8 Å². The Balaban J connectivity index is 1.71. The average Bonchev–Trinajstić information content (AvgIpc) is 2.84. The van der Waals surface area contributed by atoms with Crippen LogP contribution in [0.5, 0.6) is 0 Å². The predicted molar refractivity (Wildman–Crippen MR) is 83.9 cm³/mol. The maximum atomic E-state index is 6.16. The lowest BCUT2D eigenvalue weighted by atomic mass is 10.2. The molecule has 3 aromatic rings. The Morgan fingerprint density at radius 2 is 2.05 bits per heavy atom. The van der Waals surface area contributed by atoms with Crippen molar-refractivity contribution in [2.75, 3.05) is 11.9 Å². The maximum Gasteiger partial charge on any atom is 0.139 e. The van der Waals surface area contributed by atoms with Crippen molar-refractivity contribution in [1.29, 1.82) is 0 Å². The van der Waals surface area contributed by atoms with Crippen molar-refractivity contribution in [1.82, 2.24) is 15.0 Å². The van der Waals surface area contributed by atoms with Gasteiger partial charge in [0.2, 0.25) is 0 Å². The van der Waals surface area contributed by atoms with Crippen LogP contribution in [0.15, 0.2) is 30.0 Å². The minimum atomic E-state index is 0.504. The number of halogens is 2. The van der Waals surface area contributed by atoms with Crippen LogP contribution in [0.4, 0.5) is 5.82 Å². The lowest BCUT2D eigenvalue weighted by Gasteiger charge is -2.06. The van der Waals surface area contributed by atoms with E-state index in [4.69, 9.17) is 23.2 Å². The van der Waals surface area contributed by atoms with Gasteiger partial charge in [0, 0.05) is 18.1 Å². The number of thiophene rings is 1. The first kappa shape index (κ1) is 13.5. The Morgan fingerprint density at radius 1 is 1.15 bits per heavy atom. The lowest BCUT2D eigenvalue weighted by molar-refractivity contribution is 0.994. The summed E-state index contributed by atoms with van der Waals surface area (Å²) in [7, 11) is 0. The Labute approximate surface area is 129 Å². The van der Waals surface area contributed by atoms with Gasteiger partial charge in [0.15, 0.2) is 0 Å². The van der Waals surface area contributed by atoms with Crippen molar-refractivity contribution < 1.29 is 0 Å². The van der Waals surface area contributed by atoms with E-state index in [0.717, 1.165) is 34.6 Å². The van der Waals surface area contributed by atoms with Crippen LogP contribution in [0.3, 0.4) is 0 Å². The molecular formula is C13H10Cl2N4S. The molecule has 0 radical (unpaired) electrons. The van der Waals surface area contributed by atoms with Crippen molar-refractivity contribution in [3.63, 3.8) is 0 Å². The summed E-state index contributed by atoms with van der Waals surface area (Å²) in [5, 5.41) is 7.23. The van der Waals surface area contributed by atoms with E-state index < -0.39 is 0 Å². The number of hydrogen-bond donors (Lipinski definition) is 1. The Morgan fingerprint density at radius 3 is 2.85 bits per heavy atom. The van der Waals surface area contributed by atoms with Crippen LogP contribution in [-0.4, -0.2) is 21.5 Å². The van der Waals surface area contributed by atoms with Crippen molar-refractivity contribution in [2.24, 2.45) is 0 Å². The van der Waals surface area contributed by atoms with Gasteiger partial charge in [-0.25, -0.2) is 15.0 Å². The quantitative estimate of drug-likeness (QED) is 0.735. The van der Waals surface area contributed by atoms with E-state index in [2.05, 4.69) is 20.3 Å². The molecule has 3 heterocycles. The fourth-order valence-corrected chi connectivity index (χ4v) is 3.10. The zero-order valence-corrected chi connectivity index (χ0v) is 12.6. The summed E-state index contributed by atoms with van der Waals surface area (Å²) in [5.74, 6) is 0.767. The van der Waals surface area contributed by atoms with Crippen LogP contribution in [0.25, 0.3) is 10.2 Å². The smallest absolute Gasteiger partial charge is 0.139 e. The van der Waals surface area contributed by atoms with E-state index in [9.17, 15) is 0 Å². The van der Waals surface area contributed by atoms with Gasteiger partial charge < -0.3 is 5.32 Å². The molecule has 0 aliphatic heterocycles. The standard InChI is InChI=1S/C13H10Cl2N4S/c14-9-6-20-13-11(9)12(18-7-19-13)16-4-3-8-1-2-10(15)17-5-8/h1-2,5-7H,3-4H2,(H,16,18,19). The molecule has 0 saturated carbocycles. The van der Waals surface area contributed by atoms with Crippen molar-refractivity contribution >= 4 is 50.6 Å². The third-order valence-corrected chi connectivity index (χ3v) is 4.36. The number of aromatic nitrogens is 3. The SMILES string of the molecule is Clc1ccc(CCNc2ncnc3scc(Cl)c23)cn1. The molecule has 4 nitrogen and oxygen atoms in total. The summed E-state index contributed by atoms with van der Waals surface area (Å²) < 4.78 is 0. The third-order valence-electron chi connectivity index (χ3n) is 2.82. The molecule has 7 heteroatoms. The molecule has 3 rings (SSSR count). The van der Waals surface area contributed by atoms with E-state index in [1.54, 1.807) is 18.6 Å². The fraction of sp³-hybridized carbons (Fsp3) is 0.154. The van der Waals surface area contributed by atoms with Gasteiger partial charge in [0.25, 0.3) is 0 Å². The molecule has 0 amide bonds. The van der Waals surface area contributed by atoms with Gasteiger partial charge in [0.05, 0.1) is 10.4 Å².